The zero-order valence-corrected chi connectivity index (χ0v) is 4.89. The lowest BCUT2D eigenvalue weighted by Crippen LogP contribution is -2.26. The topological polar surface area (TPSA) is 41.6 Å². The van der Waals surface area contributed by atoms with Crippen LogP contribution in [0.4, 0.5) is 0 Å². The minimum Gasteiger partial charge on any atom is -0.370 e. The molecule has 1 heterocycles. The van der Waals surface area contributed by atoms with Crippen molar-refractivity contribution < 1.29 is 9.53 Å². The van der Waals surface area contributed by atoms with Crippen LogP contribution < -0.4 is 5.32 Å². The van der Waals surface area contributed by atoms with E-state index < -0.39 is 0 Å². The molecule has 2 unspecified atom stereocenters. The Balaban J connectivity index is 2.12. The second-order valence-electron chi connectivity index (χ2n) is 1.56. The smallest absolute Gasteiger partial charge is 0.208 e. The van der Waals surface area contributed by atoms with E-state index in [9.17, 15) is 4.79 Å². The molecule has 46 valence electrons. The second kappa shape index (κ2) is 2.33. The molecule has 1 aliphatic heterocycles. The standard InChI is InChI=1S/C4H6ClNO2/c5-4(6-2-7)3-1-8-3/h2-4H,1H2,(H,6,7). The number of alkyl halides is 1. The van der Waals surface area contributed by atoms with Crippen LogP contribution in [0.1, 0.15) is 0 Å². The maximum atomic E-state index is 9.70. The summed E-state index contributed by atoms with van der Waals surface area (Å²) in [6.45, 7) is 0.662. The Morgan fingerprint density at radius 1 is 2.00 bits per heavy atom. The molecule has 1 N–H and O–H groups in total. The molecule has 1 saturated heterocycles. The van der Waals surface area contributed by atoms with Gasteiger partial charge >= 0.3 is 0 Å². The molecule has 0 spiro atoms. The lowest BCUT2D eigenvalue weighted by Gasteiger charge is -1.99. The largest absolute Gasteiger partial charge is 0.370 e. The first-order valence-electron chi connectivity index (χ1n) is 2.30. The molecule has 0 saturated carbocycles. The third kappa shape index (κ3) is 1.35. The molecule has 1 rings (SSSR count). The summed E-state index contributed by atoms with van der Waals surface area (Å²) in [5.41, 5.74) is -0.340. The summed E-state index contributed by atoms with van der Waals surface area (Å²) in [6.07, 6.45) is 0.612. The average molecular weight is 136 g/mol. The molecule has 2 atom stereocenters. The zero-order valence-electron chi connectivity index (χ0n) is 4.13. The molecule has 0 aromatic rings. The van der Waals surface area contributed by atoms with Crippen molar-refractivity contribution in [2.24, 2.45) is 0 Å². The lowest BCUT2D eigenvalue weighted by molar-refractivity contribution is -0.109. The van der Waals surface area contributed by atoms with Crippen molar-refractivity contribution in [1.29, 1.82) is 0 Å². The number of amides is 1. The highest BCUT2D eigenvalue weighted by molar-refractivity contribution is 6.21. The van der Waals surface area contributed by atoms with Crippen LogP contribution in [-0.2, 0) is 9.53 Å². The molecular weight excluding hydrogens is 130 g/mol. The van der Waals surface area contributed by atoms with Crippen molar-refractivity contribution in [3.8, 4) is 0 Å². The van der Waals surface area contributed by atoms with Crippen LogP contribution in [0.25, 0.3) is 0 Å². The fourth-order valence-electron chi connectivity index (χ4n) is 0.397. The molecule has 0 aromatic carbocycles. The predicted octanol–water partition coefficient (Wildman–Crippen LogP) is -0.304. The lowest BCUT2D eigenvalue weighted by atomic mass is 10.5. The molecule has 3 nitrogen and oxygen atoms in total. The van der Waals surface area contributed by atoms with E-state index in [1.165, 1.54) is 0 Å². The maximum Gasteiger partial charge on any atom is 0.208 e. The fraction of sp³-hybridized carbons (Fsp3) is 0.750. The molecule has 0 bridgehead atoms. The van der Waals surface area contributed by atoms with E-state index in [2.05, 4.69) is 5.32 Å². The SMILES string of the molecule is O=CNC(Cl)C1CO1. The molecule has 0 aromatic heterocycles. The van der Waals surface area contributed by atoms with Gasteiger partial charge in [0.25, 0.3) is 0 Å². The van der Waals surface area contributed by atoms with Gasteiger partial charge in [0.2, 0.25) is 6.41 Å². The first kappa shape index (κ1) is 5.85. The van der Waals surface area contributed by atoms with E-state index in [4.69, 9.17) is 16.3 Å². The van der Waals surface area contributed by atoms with E-state index in [-0.39, 0.29) is 11.6 Å². The molecule has 1 amide bonds. The average Bonchev–Trinajstić information content (AvgIpc) is 2.45. The molecule has 4 heteroatoms. The summed E-state index contributed by atoms with van der Waals surface area (Å²) < 4.78 is 4.77. The Hall–Kier alpha value is -0.280. The van der Waals surface area contributed by atoms with E-state index in [1.807, 2.05) is 0 Å². The number of rotatable bonds is 3. The molecule has 1 aliphatic rings. The Morgan fingerprint density at radius 2 is 2.62 bits per heavy atom. The highest BCUT2D eigenvalue weighted by Crippen LogP contribution is 2.15. The van der Waals surface area contributed by atoms with Gasteiger partial charge in [-0.3, -0.25) is 4.79 Å². The number of nitrogens with one attached hydrogen (secondary N) is 1. The quantitative estimate of drug-likeness (QED) is 0.250. The number of carbonyl (C=O) groups excluding carboxylic acids is 1. The van der Waals surface area contributed by atoms with Crippen molar-refractivity contribution in [2.45, 2.75) is 11.6 Å². The first-order valence-corrected chi connectivity index (χ1v) is 2.73. The van der Waals surface area contributed by atoms with Gasteiger partial charge in [0.15, 0.2) is 0 Å². The van der Waals surface area contributed by atoms with Crippen LogP contribution in [0, 0.1) is 0 Å². The van der Waals surface area contributed by atoms with Gasteiger partial charge in [0.05, 0.1) is 6.61 Å². The second-order valence-corrected chi connectivity index (χ2v) is 2.03. The summed E-state index contributed by atoms with van der Waals surface area (Å²) in [7, 11) is 0. The van der Waals surface area contributed by atoms with Crippen molar-refractivity contribution >= 4 is 18.0 Å². The number of carbonyl (C=O) groups is 1. The van der Waals surface area contributed by atoms with Crippen LogP contribution in [0.15, 0.2) is 0 Å². The van der Waals surface area contributed by atoms with Crippen LogP contribution >= 0.6 is 11.6 Å². The number of epoxide rings is 1. The van der Waals surface area contributed by atoms with Crippen LogP contribution in [0.2, 0.25) is 0 Å². The highest BCUT2D eigenvalue weighted by Gasteiger charge is 2.30. The fourth-order valence-corrected chi connectivity index (χ4v) is 0.594. The Labute approximate surface area is 52.0 Å². The number of hydrogen-bond acceptors (Lipinski definition) is 2. The van der Waals surface area contributed by atoms with Crippen LogP contribution in [0.3, 0.4) is 0 Å². The minimum atomic E-state index is -0.340. The molecule has 0 aliphatic carbocycles. The highest BCUT2D eigenvalue weighted by atomic mass is 35.5. The van der Waals surface area contributed by atoms with E-state index in [1.54, 1.807) is 0 Å². The number of ether oxygens (including phenoxy) is 1. The molecule has 0 radical (unpaired) electrons. The van der Waals surface area contributed by atoms with Gasteiger partial charge in [0, 0.05) is 0 Å². The van der Waals surface area contributed by atoms with Gasteiger partial charge in [-0.15, -0.1) is 0 Å². The zero-order chi connectivity index (χ0) is 5.98. The van der Waals surface area contributed by atoms with Gasteiger partial charge in [-0.05, 0) is 0 Å². The first-order chi connectivity index (χ1) is 3.84. The number of halogens is 1. The van der Waals surface area contributed by atoms with Crippen molar-refractivity contribution in [1.82, 2.24) is 5.32 Å². The predicted molar refractivity (Wildman–Crippen MR) is 28.6 cm³/mol. The van der Waals surface area contributed by atoms with Gasteiger partial charge in [-0.2, -0.15) is 0 Å². The maximum absolute atomic E-state index is 9.70. The van der Waals surface area contributed by atoms with Gasteiger partial charge in [-0.25, -0.2) is 0 Å². The minimum absolute atomic E-state index is 0.0434. The summed E-state index contributed by atoms with van der Waals surface area (Å²) in [5.74, 6) is 0. The summed E-state index contributed by atoms with van der Waals surface area (Å²) in [6, 6.07) is 0. The summed E-state index contributed by atoms with van der Waals surface area (Å²) in [5, 5.41) is 2.37. The summed E-state index contributed by atoms with van der Waals surface area (Å²) >= 11 is 5.51. The van der Waals surface area contributed by atoms with E-state index >= 15 is 0 Å². The van der Waals surface area contributed by atoms with Crippen molar-refractivity contribution in [3.63, 3.8) is 0 Å². The van der Waals surface area contributed by atoms with Crippen LogP contribution in [-0.4, -0.2) is 24.6 Å². The van der Waals surface area contributed by atoms with Gasteiger partial charge in [-0.1, -0.05) is 11.6 Å². The molecule has 1 fully saturated rings. The van der Waals surface area contributed by atoms with Crippen molar-refractivity contribution in [3.05, 3.63) is 0 Å². The Morgan fingerprint density at radius 3 is 3.00 bits per heavy atom. The Bertz CT molecular complexity index is 94.0. The molecular formula is C4H6ClNO2. The van der Waals surface area contributed by atoms with E-state index in [0.29, 0.717) is 13.0 Å². The normalized spacial score (nSPS) is 28.9. The number of hydrogen-bond donors (Lipinski definition) is 1. The molecule has 8 heavy (non-hydrogen) atoms. The van der Waals surface area contributed by atoms with Crippen molar-refractivity contribution in [2.75, 3.05) is 6.61 Å². The van der Waals surface area contributed by atoms with Gasteiger partial charge < -0.3 is 10.1 Å². The van der Waals surface area contributed by atoms with Crippen LogP contribution in [0.5, 0.6) is 0 Å². The third-order valence-electron chi connectivity index (χ3n) is 0.913. The Kier molecular flexibility index (Phi) is 1.70. The summed E-state index contributed by atoms with van der Waals surface area (Å²) in [4.78, 5) is 9.70. The van der Waals surface area contributed by atoms with Gasteiger partial charge in [0.1, 0.15) is 11.6 Å². The third-order valence-corrected chi connectivity index (χ3v) is 1.32. The monoisotopic (exact) mass is 135 g/mol. The van der Waals surface area contributed by atoms with E-state index in [0.717, 1.165) is 0 Å².